The van der Waals surface area contributed by atoms with E-state index in [4.69, 9.17) is 14.7 Å². The third-order valence-electron chi connectivity index (χ3n) is 2.97. The van der Waals surface area contributed by atoms with Gasteiger partial charge in [0, 0.05) is 5.56 Å². The molecule has 0 aliphatic rings. The molecule has 5 heteroatoms. The van der Waals surface area contributed by atoms with Gasteiger partial charge >= 0.3 is 5.97 Å². The summed E-state index contributed by atoms with van der Waals surface area (Å²) in [6.07, 6.45) is -0.834. The highest BCUT2D eigenvalue weighted by molar-refractivity contribution is 5.74. The standard InChI is InChI=1S/C17H14FNO3/c1-12(22-16-8-6-15(18)7-9-16)17(20)21-11-14-5-3-2-4-13(14)10-19/h2-9,12H,11H2,1H3/t12-/m0/s1. The largest absolute Gasteiger partial charge is 0.479 e. The molecule has 0 aliphatic heterocycles. The van der Waals surface area contributed by atoms with Crippen LogP contribution in [0.15, 0.2) is 48.5 Å². The number of hydrogen-bond acceptors (Lipinski definition) is 4. The molecule has 0 aliphatic carbocycles. The molecule has 0 aromatic heterocycles. The Kier molecular flexibility index (Phi) is 5.10. The molecule has 2 aromatic rings. The maximum absolute atomic E-state index is 12.8. The molecule has 112 valence electrons. The van der Waals surface area contributed by atoms with E-state index >= 15 is 0 Å². The van der Waals surface area contributed by atoms with Crippen molar-refractivity contribution in [1.29, 1.82) is 5.26 Å². The quantitative estimate of drug-likeness (QED) is 0.795. The first-order valence-electron chi connectivity index (χ1n) is 6.67. The van der Waals surface area contributed by atoms with Crippen LogP contribution in [0.3, 0.4) is 0 Å². The van der Waals surface area contributed by atoms with Gasteiger partial charge in [-0.1, -0.05) is 18.2 Å². The van der Waals surface area contributed by atoms with Crippen LogP contribution in [0.2, 0.25) is 0 Å². The number of hydrogen-bond donors (Lipinski definition) is 0. The van der Waals surface area contributed by atoms with Crippen LogP contribution in [0.4, 0.5) is 4.39 Å². The van der Waals surface area contributed by atoms with Crippen LogP contribution in [0.25, 0.3) is 0 Å². The summed E-state index contributed by atoms with van der Waals surface area (Å²) >= 11 is 0. The summed E-state index contributed by atoms with van der Waals surface area (Å²) in [7, 11) is 0. The van der Waals surface area contributed by atoms with Crippen molar-refractivity contribution in [3.05, 3.63) is 65.5 Å². The first-order valence-corrected chi connectivity index (χ1v) is 6.67. The highest BCUT2D eigenvalue weighted by atomic mass is 19.1. The van der Waals surface area contributed by atoms with Gasteiger partial charge in [0.05, 0.1) is 11.6 Å². The number of rotatable bonds is 5. The van der Waals surface area contributed by atoms with Crippen molar-refractivity contribution in [2.45, 2.75) is 19.6 Å². The summed E-state index contributed by atoms with van der Waals surface area (Å²) in [4.78, 5) is 11.9. The molecular formula is C17H14FNO3. The lowest BCUT2D eigenvalue weighted by atomic mass is 10.1. The summed E-state index contributed by atoms with van der Waals surface area (Å²) in [6, 6.07) is 14.3. The molecule has 0 saturated heterocycles. The number of halogens is 1. The molecule has 2 aromatic carbocycles. The van der Waals surface area contributed by atoms with Gasteiger partial charge < -0.3 is 9.47 Å². The number of nitrogens with zero attached hydrogens (tertiary/aromatic N) is 1. The molecule has 2 rings (SSSR count). The number of carbonyl (C=O) groups excluding carboxylic acids is 1. The van der Waals surface area contributed by atoms with Gasteiger partial charge in [-0.25, -0.2) is 9.18 Å². The summed E-state index contributed by atoms with van der Waals surface area (Å²) in [5.74, 6) is -0.559. The van der Waals surface area contributed by atoms with Crippen LogP contribution in [0.1, 0.15) is 18.1 Å². The fraction of sp³-hybridized carbons (Fsp3) is 0.176. The Morgan fingerprint density at radius 2 is 1.91 bits per heavy atom. The van der Waals surface area contributed by atoms with Crippen molar-refractivity contribution in [3.8, 4) is 11.8 Å². The normalized spacial score (nSPS) is 11.3. The molecule has 4 nitrogen and oxygen atoms in total. The lowest BCUT2D eigenvalue weighted by Gasteiger charge is -2.14. The number of nitriles is 1. The van der Waals surface area contributed by atoms with Gasteiger partial charge in [0.2, 0.25) is 0 Å². The Morgan fingerprint density at radius 1 is 1.23 bits per heavy atom. The molecule has 0 amide bonds. The molecular weight excluding hydrogens is 285 g/mol. The van der Waals surface area contributed by atoms with E-state index in [2.05, 4.69) is 0 Å². The van der Waals surface area contributed by atoms with Gasteiger partial charge in [-0.05, 0) is 37.3 Å². The SMILES string of the molecule is C[C@H](Oc1ccc(F)cc1)C(=O)OCc1ccccc1C#N. The van der Waals surface area contributed by atoms with Crippen molar-refractivity contribution < 1.29 is 18.7 Å². The summed E-state index contributed by atoms with van der Waals surface area (Å²) in [5.41, 5.74) is 1.09. The van der Waals surface area contributed by atoms with Crippen molar-refractivity contribution in [3.63, 3.8) is 0 Å². The van der Waals surface area contributed by atoms with E-state index in [0.29, 0.717) is 16.9 Å². The van der Waals surface area contributed by atoms with Crippen LogP contribution in [0, 0.1) is 17.1 Å². The van der Waals surface area contributed by atoms with Gasteiger partial charge in [-0.2, -0.15) is 5.26 Å². The first-order chi connectivity index (χ1) is 10.6. The van der Waals surface area contributed by atoms with Crippen LogP contribution >= 0.6 is 0 Å². The molecule has 0 fully saturated rings. The van der Waals surface area contributed by atoms with Crippen LogP contribution in [-0.2, 0) is 16.1 Å². The van der Waals surface area contributed by atoms with E-state index in [1.807, 2.05) is 6.07 Å². The Labute approximate surface area is 127 Å². The van der Waals surface area contributed by atoms with Crippen LogP contribution < -0.4 is 4.74 Å². The molecule has 0 N–H and O–H groups in total. The lowest BCUT2D eigenvalue weighted by molar-refractivity contribution is -0.152. The van der Waals surface area contributed by atoms with Gasteiger partial charge in [0.15, 0.2) is 6.10 Å². The molecule has 0 saturated carbocycles. The monoisotopic (exact) mass is 299 g/mol. The van der Waals surface area contributed by atoms with Crippen molar-refractivity contribution >= 4 is 5.97 Å². The maximum Gasteiger partial charge on any atom is 0.347 e. The Hall–Kier alpha value is -2.87. The molecule has 1 atom stereocenters. The third-order valence-corrected chi connectivity index (χ3v) is 2.97. The van der Waals surface area contributed by atoms with Gasteiger partial charge in [-0.3, -0.25) is 0 Å². The fourth-order valence-electron chi connectivity index (χ4n) is 1.79. The van der Waals surface area contributed by atoms with E-state index in [1.54, 1.807) is 31.2 Å². The predicted molar refractivity (Wildman–Crippen MR) is 77.4 cm³/mol. The fourth-order valence-corrected chi connectivity index (χ4v) is 1.79. The molecule has 0 unspecified atom stereocenters. The highest BCUT2D eigenvalue weighted by Gasteiger charge is 2.17. The zero-order chi connectivity index (χ0) is 15.9. The van der Waals surface area contributed by atoms with Crippen LogP contribution in [0.5, 0.6) is 5.75 Å². The average molecular weight is 299 g/mol. The first kappa shape index (κ1) is 15.5. The molecule has 0 bridgehead atoms. The second-order valence-corrected chi connectivity index (χ2v) is 4.59. The van der Waals surface area contributed by atoms with Gasteiger partial charge in [0.1, 0.15) is 18.2 Å². The summed E-state index contributed by atoms with van der Waals surface area (Å²) in [5, 5.41) is 8.96. The minimum absolute atomic E-state index is 0.000313. The van der Waals surface area contributed by atoms with E-state index in [1.165, 1.54) is 24.3 Å². The number of benzene rings is 2. The lowest BCUT2D eigenvalue weighted by Crippen LogP contribution is -2.26. The smallest absolute Gasteiger partial charge is 0.347 e. The van der Waals surface area contributed by atoms with Crippen molar-refractivity contribution in [2.75, 3.05) is 0 Å². The second-order valence-electron chi connectivity index (χ2n) is 4.59. The van der Waals surface area contributed by atoms with E-state index in [9.17, 15) is 9.18 Å². The second kappa shape index (κ2) is 7.23. The van der Waals surface area contributed by atoms with Crippen molar-refractivity contribution in [2.24, 2.45) is 0 Å². The zero-order valence-electron chi connectivity index (χ0n) is 12.0. The number of ether oxygens (including phenoxy) is 2. The zero-order valence-corrected chi connectivity index (χ0v) is 12.0. The summed E-state index contributed by atoms with van der Waals surface area (Å²) in [6.45, 7) is 1.54. The number of carbonyl (C=O) groups is 1. The Morgan fingerprint density at radius 3 is 2.59 bits per heavy atom. The van der Waals surface area contributed by atoms with E-state index < -0.39 is 12.1 Å². The third kappa shape index (κ3) is 4.06. The average Bonchev–Trinajstić information content (AvgIpc) is 2.54. The molecule has 0 radical (unpaired) electrons. The molecule has 22 heavy (non-hydrogen) atoms. The van der Waals surface area contributed by atoms with E-state index in [0.717, 1.165) is 0 Å². The molecule has 0 heterocycles. The van der Waals surface area contributed by atoms with Gasteiger partial charge in [0.25, 0.3) is 0 Å². The minimum atomic E-state index is -0.834. The Balaban J connectivity index is 1.91. The number of esters is 1. The topological polar surface area (TPSA) is 59.3 Å². The van der Waals surface area contributed by atoms with Crippen LogP contribution in [-0.4, -0.2) is 12.1 Å². The minimum Gasteiger partial charge on any atom is -0.479 e. The predicted octanol–water partition coefficient (Wildman–Crippen LogP) is 3.21. The van der Waals surface area contributed by atoms with Gasteiger partial charge in [-0.15, -0.1) is 0 Å². The molecule has 0 spiro atoms. The highest BCUT2D eigenvalue weighted by Crippen LogP contribution is 2.14. The summed E-state index contributed by atoms with van der Waals surface area (Å²) < 4.78 is 23.3. The van der Waals surface area contributed by atoms with Crippen molar-refractivity contribution in [1.82, 2.24) is 0 Å². The Bertz CT molecular complexity index is 692. The van der Waals surface area contributed by atoms with E-state index in [-0.39, 0.29) is 12.4 Å². The maximum atomic E-state index is 12.8.